The van der Waals surface area contributed by atoms with E-state index in [1.165, 1.54) is 4.90 Å². The summed E-state index contributed by atoms with van der Waals surface area (Å²) in [5.41, 5.74) is 0.877. The van der Waals surface area contributed by atoms with Crippen LogP contribution in [-0.2, 0) is 16.1 Å². The molecule has 1 heterocycles. The van der Waals surface area contributed by atoms with Crippen LogP contribution < -0.4 is 0 Å². The minimum atomic E-state index is -1.05. The molecule has 1 aliphatic heterocycles. The molecule has 0 bridgehead atoms. The van der Waals surface area contributed by atoms with Crippen LogP contribution in [0.3, 0.4) is 0 Å². The average molecular weight is 279 g/mol. The quantitative estimate of drug-likeness (QED) is 0.865. The normalized spacial score (nSPS) is 22.4. The maximum atomic E-state index is 11.8. The van der Waals surface area contributed by atoms with Gasteiger partial charge in [-0.05, 0) is 12.0 Å². The second-order valence-electron chi connectivity index (χ2n) is 4.79. The van der Waals surface area contributed by atoms with Gasteiger partial charge in [0.25, 0.3) is 0 Å². The number of rotatable bonds is 3. The molecule has 2 unspecified atom stereocenters. The van der Waals surface area contributed by atoms with Gasteiger partial charge in [0.15, 0.2) is 0 Å². The molecule has 0 spiro atoms. The Morgan fingerprint density at radius 2 is 2.00 bits per heavy atom. The fraction of sp³-hybridized carbons (Fsp3) is 0.429. The summed E-state index contributed by atoms with van der Waals surface area (Å²) in [6.07, 6.45) is -1.35. The van der Waals surface area contributed by atoms with Crippen molar-refractivity contribution in [3.8, 4) is 0 Å². The van der Waals surface area contributed by atoms with Crippen LogP contribution in [0.5, 0.6) is 0 Å². The number of hydrogen-bond donors (Lipinski definition) is 2. The molecule has 1 fully saturated rings. The molecule has 0 radical (unpaired) electrons. The third-order valence-electron chi connectivity index (χ3n) is 3.36. The van der Waals surface area contributed by atoms with Gasteiger partial charge in [-0.15, -0.1) is 0 Å². The zero-order chi connectivity index (χ0) is 14.5. The van der Waals surface area contributed by atoms with Gasteiger partial charge in [0.1, 0.15) is 6.61 Å². The Balaban J connectivity index is 1.84. The van der Waals surface area contributed by atoms with Crippen LogP contribution in [0.1, 0.15) is 12.0 Å². The lowest BCUT2D eigenvalue weighted by Gasteiger charge is -2.33. The second-order valence-corrected chi connectivity index (χ2v) is 4.79. The van der Waals surface area contributed by atoms with Gasteiger partial charge in [0.2, 0.25) is 0 Å². The molecule has 20 heavy (non-hydrogen) atoms. The lowest BCUT2D eigenvalue weighted by molar-refractivity contribution is -0.148. The van der Waals surface area contributed by atoms with E-state index < -0.39 is 24.1 Å². The number of benzene rings is 1. The SMILES string of the molecule is O=C(O)C1CCN(C(=O)OCc2ccccc2)CC1O. The van der Waals surface area contributed by atoms with E-state index in [0.717, 1.165) is 5.56 Å². The number of aliphatic hydroxyl groups is 1. The fourth-order valence-corrected chi connectivity index (χ4v) is 2.20. The molecular weight excluding hydrogens is 262 g/mol. The average Bonchev–Trinajstić information content (AvgIpc) is 2.45. The fourth-order valence-electron chi connectivity index (χ4n) is 2.20. The molecule has 0 saturated carbocycles. The highest BCUT2D eigenvalue weighted by atomic mass is 16.6. The molecule has 0 aliphatic carbocycles. The molecular formula is C14H17NO5. The molecule has 2 atom stereocenters. The maximum absolute atomic E-state index is 11.8. The number of carbonyl (C=O) groups is 2. The van der Waals surface area contributed by atoms with E-state index in [-0.39, 0.29) is 26.1 Å². The van der Waals surface area contributed by atoms with Crippen LogP contribution in [0.25, 0.3) is 0 Å². The van der Waals surface area contributed by atoms with Crippen LogP contribution in [0.15, 0.2) is 30.3 Å². The Morgan fingerprint density at radius 3 is 2.60 bits per heavy atom. The first-order chi connectivity index (χ1) is 9.58. The van der Waals surface area contributed by atoms with Crippen LogP contribution in [0, 0.1) is 5.92 Å². The van der Waals surface area contributed by atoms with Gasteiger partial charge >= 0.3 is 12.1 Å². The van der Waals surface area contributed by atoms with Crippen molar-refractivity contribution in [3.63, 3.8) is 0 Å². The van der Waals surface area contributed by atoms with E-state index in [1.807, 2.05) is 30.3 Å². The van der Waals surface area contributed by atoms with Gasteiger partial charge in [-0.1, -0.05) is 30.3 Å². The first-order valence-corrected chi connectivity index (χ1v) is 6.44. The maximum Gasteiger partial charge on any atom is 0.410 e. The van der Waals surface area contributed by atoms with E-state index >= 15 is 0 Å². The smallest absolute Gasteiger partial charge is 0.410 e. The summed E-state index contributed by atoms with van der Waals surface area (Å²) >= 11 is 0. The number of amides is 1. The highest BCUT2D eigenvalue weighted by Gasteiger charge is 2.35. The molecule has 1 aromatic carbocycles. The van der Waals surface area contributed by atoms with Crippen LogP contribution in [-0.4, -0.2) is 46.4 Å². The van der Waals surface area contributed by atoms with E-state index in [4.69, 9.17) is 9.84 Å². The third kappa shape index (κ3) is 3.48. The highest BCUT2D eigenvalue weighted by molar-refractivity contribution is 5.72. The number of ether oxygens (including phenoxy) is 1. The van der Waals surface area contributed by atoms with Crippen molar-refractivity contribution in [2.24, 2.45) is 5.92 Å². The number of carboxylic acids is 1. The van der Waals surface area contributed by atoms with Crippen LogP contribution in [0.4, 0.5) is 4.79 Å². The molecule has 2 N–H and O–H groups in total. The van der Waals surface area contributed by atoms with Crippen molar-refractivity contribution < 1.29 is 24.5 Å². The molecule has 1 saturated heterocycles. The first-order valence-electron chi connectivity index (χ1n) is 6.44. The topological polar surface area (TPSA) is 87.1 Å². The van der Waals surface area contributed by atoms with Crippen molar-refractivity contribution in [3.05, 3.63) is 35.9 Å². The number of carbonyl (C=O) groups excluding carboxylic acids is 1. The summed E-state index contributed by atoms with van der Waals surface area (Å²) in [6.45, 7) is 0.431. The van der Waals surface area contributed by atoms with Crippen LogP contribution >= 0.6 is 0 Å². The molecule has 2 rings (SSSR count). The lowest BCUT2D eigenvalue weighted by Crippen LogP contribution is -2.48. The van der Waals surface area contributed by atoms with Crippen molar-refractivity contribution in [2.75, 3.05) is 13.1 Å². The van der Waals surface area contributed by atoms with Gasteiger partial charge in [-0.3, -0.25) is 4.79 Å². The summed E-state index contributed by atoms with van der Waals surface area (Å²) in [4.78, 5) is 24.0. The summed E-state index contributed by atoms with van der Waals surface area (Å²) < 4.78 is 5.14. The van der Waals surface area contributed by atoms with E-state index in [2.05, 4.69) is 0 Å². The van der Waals surface area contributed by atoms with Crippen LogP contribution in [0.2, 0.25) is 0 Å². The van der Waals surface area contributed by atoms with Gasteiger partial charge < -0.3 is 19.8 Å². The Morgan fingerprint density at radius 1 is 1.30 bits per heavy atom. The molecule has 1 aliphatic rings. The summed E-state index contributed by atoms with van der Waals surface area (Å²) in [5, 5.41) is 18.6. The summed E-state index contributed by atoms with van der Waals surface area (Å²) in [7, 11) is 0. The Kier molecular flexibility index (Phi) is 4.57. The zero-order valence-corrected chi connectivity index (χ0v) is 10.9. The number of aliphatic carboxylic acids is 1. The third-order valence-corrected chi connectivity index (χ3v) is 3.36. The molecule has 6 nitrogen and oxygen atoms in total. The van der Waals surface area contributed by atoms with E-state index in [1.54, 1.807) is 0 Å². The Bertz CT molecular complexity index is 476. The second kappa shape index (κ2) is 6.38. The Labute approximate surface area is 116 Å². The lowest BCUT2D eigenvalue weighted by atomic mass is 9.94. The summed E-state index contributed by atoms with van der Waals surface area (Å²) in [6, 6.07) is 9.27. The minimum absolute atomic E-state index is 0.00934. The van der Waals surface area contributed by atoms with Gasteiger partial charge in [0.05, 0.1) is 18.6 Å². The first kappa shape index (κ1) is 14.3. The zero-order valence-electron chi connectivity index (χ0n) is 10.9. The number of aliphatic hydroxyl groups excluding tert-OH is 1. The highest BCUT2D eigenvalue weighted by Crippen LogP contribution is 2.19. The number of piperidine rings is 1. The minimum Gasteiger partial charge on any atom is -0.481 e. The van der Waals surface area contributed by atoms with E-state index in [0.29, 0.717) is 0 Å². The van der Waals surface area contributed by atoms with Crippen molar-refractivity contribution in [2.45, 2.75) is 19.1 Å². The van der Waals surface area contributed by atoms with Crippen molar-refractivity contribution in [1.82, 2.24) is 4.90 Å². The standard InChI is InChI=1S/C14H17NO5/c16-12-8-15(7-6-11(12)13(17)18)14(19)20-9-10-4-2-1-3-5-10/h1-5,11-12,16H,6-9H2,(H,17,18). The van der Waals surface area contributed by atoms with Gasteiger partial charge in [-0.2, -0.15) is 0 Å². The number of likely N-dealkylation sites (tertiary alicyclic amines) is 1. The number of carboxylic acid groups (broad SMARTS) is 1. The predicted molar refractivity (Wildman–Crippen MR) is 69.9 cm³/mol. The largest absolute Gasteiger partial charge is 0.481 e. The van der Waals surface area contributed by atoms with Crippen molar-refractivity contribution in [1.29, 1.82) is 0 Å². The molecule has 108 valence electrons. The number of nitrogens with zero attached hydrogens (tertiary/aromatic N) is 1. The van der Waals surface area contributed by atoms with Gasteiger partial charge in [-0.25, -0.2) is 4.79 Å². The Hall–Kier alpha value is -2.08. The molecule has 1 amide bonds. The number of hydrogen-bond acceptors (Lipinski definition) is 4. The molecule has 0 aromatic heterocycles. The molecule has 6 heteroatoms. The molecule has 1 aromatic rings. The van der Waals surface area contributed by atoms with E-state index in [9.17, 15) is 14.7 Å². The monoisotopic (exact) mass is 279 g/mol. The number of β-amino-alcohol motifs (C(OH)–C–C–N with tert-alkyl or cyclic N) is 1. The van der Waals surface area contributed by atoms with Gasteiger partial charge in [0, 0.05) is 6.54 Å². The predicted octanol–water partition coefficient (Wildman–Crippen LogP) is 1.09. The summed E-state index contributed by atoms with van der Waals surface area (Å²) in [5.74, 6) is -1.84. The van der Waals surface area contributed by atoms with Crippen molar-refractivity contribution >= 4 is 12.1 Å².